The van der Waals surface area contributed by atoms with E-state index < -0.39 is 40.5 Å². The zero-order valence-corrected chi connectivity index (χ0v) is 13.7. The second kappa shape index (κ2) is 7.43. The zero-order valence-electron chi connectivity index (χ0n) is 12.9. The first-order chi connectivity index (χ1) is 11.8. The van der Waals surface area contributed by atoms with Gasteiger partial charge in [0, 0.05) is 6.20 Å². The Balaban J connectivity index is 2.25. The number of amides is 1. The Hall–Kier alpha value is -2.75. The van der Waals surface area contributed by atoms with Crippen LogP contribution in [0.15, 0.2) is 18.3 Å². The fourth-order valence-electron chi connectivity index (χ4n) is 1.91. The molecule has 25 heavy (non-hydrogen) atoms. The van der Waals surface area contributed by atoms with Crippen LogP contribution in [-0.2, 0) is 0 Å². The number of thiocarbonyl (C=S) groups is 1. The van der Waals surface area contributed by atoms with Gasteiger partial charge in [0.2, 0.25) is 11.6 Å². The third-order valence-corrected chi connectivity index (χ3v) is 3.24. The molecule has 0 saturated carbocycles. The molecule has 0 saturated heterocycles. The largest absolute Gasteiger partial charge is 0.491 e. The van der Waals surface area contributed by atoms with Gasteiger partial charge in [-0.3, -0.25) is 10.1 Å². The van der Waals surface area contributed by atoms with Gasteiger partial charge in [-0.15, -0.1) is 0 Å². The first-order valence-electron chi connectivity index (χ1n) is 6.71. The van der Waals surface area contributed by atoms with Crippen molar-refractivity contribution in [3.8, 4) is 5.75 Å². The van der Waals surface area contributed by atoms with E-state index in [1.54, 1.807) is 19.1 Å². The standard InChI is InChI=1S/C15H11F4N3O2S/c1-6-3-4-20-7(5-6)21-15(25)22-14(23)8-9(16)11(18)13(24-2)12(19)10(8)17/h3-5H,1-2H3,(H2,20,21,22,23,25). The highest BCUT2D eigenvalue weighted by atomic mass is 32.1. The van der Waals surface area contributed by atoms with E-state index in [0.717, 1.165) is 12.7 Å². The monoisotopic (exact) mass is 373 g/mol. The van der Waals surface area contributed by atoms with Gasteiger partial charge in [-0.25, -0.2) is 13.8 Å². The van der Waals surface area contributed by atoms with E-state index in [-0.39, 0.29) is 10.9 Å². The minimum absolute atomic E-state index is 0.262. The molecule has 0 aliphatic carbocycles. The van der Waals surface area contributed by atoms with Crippen LogP contribution in [0.3, 0.4) is 0 Å². The van der Waals surface area contributed by atoms with Crippen LogP contribution in [0.4, 0.5) is 23.4 Å². The summed E-state index contributed by atoms with van der Waals surface area (Å²) in [5, 5.41) is 4.07. The Morgan fingerprint density at radius 2 is 1.76 bits per heavy atom. The fraction of sp³-hybridized carbons (Fsp3) is 0.133. The molecule has 0 radical (unpaired) electrons. The minimum Gasteiger partial charge on any atom is -0.491 e. The van der Waals surface area contributed by atoms with Gasteiger partial charge >= 0.3 is 0 Å². The molecule has 0 atom stereocenters. The molecule has 132 valence electrons. The second-order valence-corrected chi connectivity index (χ2v) is 5.20. The van der Waals surface area contributed by atoms with Crippen LogP contribution in [0.2, 0.25) is 0 Å². The number of hydrogen-bond donors (Lipinski definition) is 2. The number of carbonyl (C=O) groups is 1. The number of methoxy groups -OCH3 is 1. The lowest BCUT2D eigenvalue weighted by atomic mass is 10.1. The maximum Gasteiger partial charge on any atom is 0.263 e. The average molecular weight is 373 g/mol. The molecule has 2 rings (SSSR count). The summed E-state index contributed by atoms with van der Waals surface area (Å²) in [5.41, 5.74) is -0.625. The Labute approximate surface area is 145 Å². The average Bonchev–Trinajstić information content (AvgIpc) is 2.53. The Morgan fingerprint density at radius 1 is 1.16 bits per heavy atom. The van der Waals surface area contributed by atoms with Gasteiger partial charge in [0.15, 0.2) is 22.5 Å². The Morgan fingerprint density at radius 3 is 2.28 bits per heavy atom. The number of aryl methyl sites for hydroxylation is 1. The van der Waals surface area contributed by atoms with E-state index in [1.807, 2.05) is 5.32 Å². The molecule has 1 amide bonds. The number of nitrogens with zero attached hydrogens (tertiary/aromatic N) is 1. The number of halogens is 4. The summed E-state index contributed by atoms with van der Waals surface area (Å²) >= 11 is 4.82. The predicted molar refractivity (Wildman–Crippen MR) is 85.5 cm³/mol. The molecule has 5 nitrogen and oxygen atoms in total. The molecule has 2 aromatic rings. The van der Waals surface area contributed by atoms with Crippen LogP contribution in [0.1, 0.15) is 15.9 Å². The highest BCUT2D eigenvalue weighted by Crippen LogP contribution is 2.29. The predicted octanol–water partition coefficient (Wildman–Crippen LogP) is 3.08. The number of benzene rings is 1. The normalized spacial score (nSPS) is 10.3. The van der Waals surface area contributed by atoms with Crippen LogP contribution < -0.4 is 15.4 Å². The molecular formula is C15H11F4N3O2S. The molecule has 2 N–H and O–H groups in total. The van der Waals surface area contributed by atoms with E-state index in [2.05, 4.69) is 15.0 Å². The van der Waals surface area contributed by atoms with E-state index >= 15 is 0 Å². The van der Waals surface area contributed by atoms with Gasteiger partial charge in [-0.2, -0.15) is 8.78 Å². The molecule has 1 heterocycles. The van der Waals surface area contributed by atoms with Gasteiger partial charge in [0.1, 0.15) is 11.4 Å². The van der Waals surface area contributed by atoms with E-state index in [9.17, 15) is 22.4 Å². The van der Waals surface area contributed by atoms with Gasteiger partial charge < -0.3 is 10.1 Å². The number of ether oxygens (including phenoxy) is 1. The van der Waals surface area contributed by atoms with Gasteiger partial charge in [-0.05, 0) is 36.8 Å². The third kappa shape index (κ3) is 3.85. The third-order valence-electron chi connectivity index (χ3n) is 3.04. The summed E-state index contributed by atoms with van der Waals surface area (Å²) in [7, 11) is 0.827. The summed E-state index contributed by atoms with van der Waals surface area (Å²) in [6, 6.07) is 3.30. The summed E-state index contributed by atoms with van der Waals surface area (Å²) in [6.07, 6.45) is 1.47. The maximum absolute atomic E-state index is 13.9. The summed E-state index contributed by atoms with van der Waals surface area (Å²) in [6.45, 7) is 1.78. The van der Waals surface area contributed by atoms with E-state index in [1.165, 1.54) is 6.20 Å². The lowest BCUT2D eigenvalue weighted by Crippen LogP contribution is -2.35. The first kappa shape index (κ1) is 18.6. The second-order valence-electron chi connectivity index (χ2n) is 4.79. The van der Waals surface area contributed by atoms with Crippen molar-refractivity contribution in [3.63, 3.8) is 0 Å². The molecule has 0 spiro atoms. The van der Waals surface area contributed by atoms with Crippen molar-refractivity contribution < 1.29 is 27.1 Å². The number of carbonyl (C=O) groups excluding carboxylic acids is 1. The minimum atomic E-state index is -1.90. The molecule has 0 fully saturated rings. The molecule has 0 aliphatic heterocycles. The van der Waals surface area contributed by atoms with Crippen LogP contribution >= 0.6 is 12.2 Å². The van der Waals surface area contributed by atoms with E-state index in [0.29, 0.717) is 0 Å². The zero-order chi connectivity index (χ0) is 18.7. The number of hydrogen-bond acceptors (Lipinski definition) is 4. The maximum atomic E-state index is 13.9. The molecule has 0 bridgehead atoms. The Kier molecular flexibility index (Phi) is 5.52. The summed E-state index contributed by atoms with van der Waals surface area (Å²) in [5.74, 6) is -9.93. The summed E-state index contributed by atoms with van der Waals surface area (Å²) in [4.78, 5) is 15.9. The van der Waals surface area contributed by atoms with Crippen molar-refractivity contribution >= 4 is 29.1 Å². The van der Waals surface area contributed by atoms with Gasteiger partial charge in [-0.1, -0.05) is 0 Å². The van der Waals surface area contributed by atoms with Crippen molar-refractivity contribution in [2.75, 3.05) is 12.4 Å². The topological polar surface area (TPSA) is 63.2 Å². The molecule has 0 aliphatic rings. The van der Waals surface area contributed by atoms with Crippen LogP contribution in [0.25, 0.3) is 0 Å². The van der Waals surface area contributed by atoms with Crippen molar-refractivity contribution in [3.05, 3.63) is 52.7 Å². The first-order valence-corrected chi connectivity index (χ1v) is 7.12. The summed E-state index contributed by atoms with van der Waals surface area (Å²) < 4.78 is 59.3. The Bertz CT molecular complexity index is 832. The van der Waals surface area contributed by atoms with Crippen LogP contribution in [-0.4, -0.2) is 23.1 Å². The molecule has 1 aromatic carbocycles. The molecule has 1 aromatic heterocycles. The van der Waals surface area contributed by atoms with Crippen LogP contribution in [0, 0.1) is 30.2 Å². The van der Waals surface area contributed by atoms with Crippen molar-refractivity contribution in [1.29, 1.82) is 0 Å². The fourth-order valence-corrected chi connectivity index (χ4v) is 2.11. The highest BCUT2D eigenvalue weighted by Gasteiger charge is 2.30. The number of nitrogens with one attached hydrogen (secondary N) is 2. The molecule has 10 heteroatoms. The smallest absolute Gasteiger partial charge is 0.263 e. The lowest BCUT2D eigenvalue weighted by Gasteiger charge is -2.12. The quantitative estimate of drug-likeness (QED) is 0.492. The number of pyridine rings is 1. The lowest BCUT2D eigenvalue weighted by molar-refractivity contribution is 0.0966. The number of anilines is 1. The van der Waals surface area contributed by atoms with Crippen molar-refractivity contribution in [2.45, 2.75) is 6.92 Å². The highest BCUT2D eigenvalue weighted by molar-refractivity contribution is 7.80. The van der Waals surface area contributed by atoms with Crippen molar-refractivity contribution in [2.24, 2.45) is 0 Å². The van der Waals surface area contributed by atoms with Crippen molar-refractivity contribution in [1.82, 2.24) is 10.3 Å². The van der Waals surface area contributed by atoms with E-state index in [4.69, 9.17) is 12.2 Å². The number of rotatable bonds is 3. The SMILES string of the molecule is COc1c(F)c(F)c(C(=O)NC(=S)Nc2cc(C)ccn2)c(F)c1F. The van der Waals surface area contributed by atoms with Gasteiger partial charge in [0.05, 0.1) is 7.11 Å². The molecule has 0 unspecified atom stereocenters. The van der Waals surface area contributed by atoms with Crippen LogP contribution in [0.5, 0.6) is 5.75 Å². The van der Waals surface area contributed by atoms with Gasteiger partial charge in [0.25, 0.3) is 5.91 Å². The molecular weight excluding hydrogens is 362 g/mol. The number of aromatic nitrogens is 1.